The van der Waals surface area contributed by atoms with Crippen LogP contribution in [0.25, 0.3) is 0 Å². The maximum atomic E-state index is 12.8. The van der Waals surface area contributed by atoms with Gasteiger partial charge in [-0.2, -0.15) is 0 Å². The Labute approximate surface area is 158 Å². The lowest BCUT2D eigenvalue weighted by atomic mass is 9.81. The van der Waals surface area contributed by atoms with E-state index in [0.717, 1.165) is 32.1 Å². The van der Waals surface area contributed by atoms with Gasteiger partial charge in [0.05, 0.1) is 16.1 Å². The summed E-state index contributed by atoms with van der Waals surface area (Å²) < 4.78 is 0. The summed E-state index contributed by atoms with van der Waals surface area (Å²) in [4.78, 5) is 28.9. The predicted octanol–water partition coefficient (Wildman–Crippen LogP) is 2.94. The van der Waals surface area contributed by atoms with Crippen LogP contribution >= 0.6 is 23.2 Å². The monoisotopic (exact) mass is 383 g/mol. The first kappa shape index (κ1) is 18.5. The molecule has 0 radical (unpaired) electrons. The summed E-state index contributed by atoms with van der Waals surface area (Å²) >= 11 is 12.0. The van der Waals surface area contributed by atoms with Gasteiger partial charge in [0.25, 0.3) is 5.91 Å². The van der Waals surface area contributed by atoms with E-state index in [9.17, 15) is 9.59 Å². The number of carbonyl (C=O) groups is 2. The van der Waals surface area contributed by atoms with Crippen molar-refractivity contribution < 1.29 is 9.59 Å². The first-order valence-electron chi connectivity index (χ1n) is 8.73. The average molecular weight is 384 g/mol. The SMILES string of the molecule is NC1(C(=O)N2CCN(C(=O)c3ccc(Cl)cc3Cl)CC2)CCCCC1. The molecule has 5 nitrogen and oxygen atoms in total. The lowest BCUT2D eigenvalue weighted by molar-refractivity contribution is -0.139. The average Bonchev–Trinajstić information content (AvgIpc) is 2.61. The summed E-state index contributed by atoms with van der Waals surface area (Å²) in [5.41, 5.74) is 6.07. The standard InChI is InChI=1S/C18H23Cl2N3O2/c19-13-4-5-14(15(20)12-13)16(24)22-8-10-23(11-9-22)17(25)18(21)6-2-1-3-7-18/h4-5,12H,1-3,6-11,21H2. The molecule has 1 aliphatic carbocycles. The third-order valence-electron chi connectivity index (χ3n) is 5.19. The number of benzene rings is 1. The third-order valence-corrected chi connectivity index (χ3v) is 5.74. The minimum absolute atomic E-state index is 0.0313. The predicted molar refractivity (Wildman–Crippen MR) is 98.9 cm³/mol. The van der Waals surface area contributed by atoms with Gasteiger partial charge in [-0.3, -0.25) is 9.59 Å². The molecular weight excluding hydrogens is 361 g/mol. The van der Waals surface area contributed by atoms with Crippen LogP contribution in [0.5, 0.6) is 0 Å². The van der Waals surface area contributed by atoms with E-state index >= 15 is 0 Å². The maximum absolute atomic E-state index is 12.8. The van der Waals surface area contributed by atoms with Gasteiger partial charge in [-0.05, 0) is 31.0 Å². The first-order chi connectivity index (χ1) is 11.9. The molecule has 2 aliphatic rings. The van der Waals surface area contributed by atoms with Gasteiger partial charge < -0.3 is 15.5 Å². The van der Waals surface area contributed by atoms with Gasteiger partial charge in [-0.25, -0.2) is 0 Å². The number of hydrogen-bond donors (Lipinski definition) is 1. The van der Waals surface area contributed by atoms with E-state index < -0.39 is 5.54 Å². The molecule has 2 fully saturated rings. The molecule has 2 amide bonds. The van der Waals surface area contributed by atoms with Gasteiger partial charge >= 0.3 is 0 Å². The van der Waals surface area contributed by atoms with Gasteiger partial charge in [-0.1, -0.05) is 42.5 Å². The number of carbonyl (C=O) groups excluding carboxylic acids is 2. The zero-order valence-corrected chi connectivity index (χ0v) is 15.7. The van der Waals surface area contributed by atoms with E-state index in [1.807, 2.05) is 0 Å². The van der Waals surface area contributed by atoms with E-state index in [4.69, 9.17) is 28.9 Å². The van der Waals surface area contributed by atoms with Crippen molar-refractivity contribution in [2.24, 2.45) is 5.73 Å². The van der Waals surface area contributed by atoms with Crippen molar-refractivity contribution in [2.75, 3.05) is 26.2 Å². The normalized spacial score (nSPS) is 20.4. The fraction of sp³-hybridized carbons (Fsp3) is 0.556. The van der Waals surface area contributed by atoms with Gasteiger partial charge in [0.2, 0.25) is 5.91 Å². The Kier molecular flexibility index (Phi) is 5.56. The van der Waals surface area contributed by atoms with E-state index in [0.29, 0.717) is 41.8 Å². The molecule has 0 spiro atoms. The molecule has 1 heterocycles. The largest absolute Gasteiger partial charge is 0.338 e. The maximum Gasteiger partial charge on any atom is 0.255 e. The number of piperazine rings is 1. The Hall–Kier alpha value is -1.30. The smallest absolute Gasteiger partial charge is 0.255 e. The van der Waals surface area contributed by atoms with Crippen LogP contribution in [0.2, 0.25) is 10.0 Å². The van der Waals surface area contributed by atoms with Crippen LogP contribution in [0.4, 0.5) is 0 Å². The molecule has 1 saturated heterocycles. The fourth-order valence-electron chi connectivity index (χ4n) is 3.66. The number of rotatable bonds is 2. The van der Waals surface area contributed by atoms with Crippen molar-refractivity contribution in [1.82, 2.24) is 9.80 Å². The number of hydrogen-bond acceptors (Lipinski definition) is 3. The summed E-state index contributed by atoms with van der Waals surface area (Å²) in [7, 11) is 0. The quantitative estimate of drug-likeness (QED) is 0.853. The second kappa shape index (κ2) is 7.52. The molecule has 3 rings (SSSR count). The van der Waals surface area contributed by atoms with Crippen molar-refractivity contribution in [1.29, 1.82) is 0 Å². The van der Waals surface area contributed by atoms with Crippen molar-refractivity contribution in [3.8, 4) is 0 Å². The van der Waals surface area contributed by atoms with Gasteiger partial charge in [0.15, 0.2) is 0 Å². The molecule has 7 heteroatoms. The third kappa shape index (κ3) is 3.94. The topological polar surface area (TPSA) is 66.6 Å². The van der Waals surface area contributed by atoms with Crippen LogP contribution < -0.4 is 5.73 Å². The molecule has 25 heavy (non-hydrogen) atoms. The number of nitrogens with two attached hydrogens (primary N) is 1. The highest BCUT2D eigenvalue weighted by Crippen LogP contribution is 2.28. The summed E-state index contributed by atoms with van der Waals surface area (Å²) in [6.07, 6.45) is 4.68. The second-order valence-corrected chi connectivity index (χ2v) is 7.77. The molecule has 1 aromatic carbocycles. The number of halogens is 2. The van der Waals surface area contributed by atoms with Gasteiger partial charge in [0.1, 0.15) is 0 Å². The summed E-state index contributed by atoms with van der Waals surface area (Å²) in [5.74, 6) is -0.0993. The molecule has 136 valence electrons. The minimum atomic E-state index is -0.718. The number of amides is 2. The van der Waals surface area contributed by atoms with Crippen LogP contribution in [-0.2, 0) is 4.79 Å². The Morgan fingerprint density at radius 2 is 1.56 bits per heavy atom. The lowest BCUT2D eigenvalue weighted by Crippen LogP contribution is -2.60. The van der Waals surface area contributed by atoms with Crippen molar-refractivity contribution in [3.05, 3.63) is 33.8 Å². The van der Waals surface area contributed by atoms with Crippen LogP contribution in [0.1, 0.15) is 42.5 Å². The van der Waals surface area contributed by atoms with Gasteiger partial charge in [-0.15, -0.1) is 0 Å². The van der Waals surface area contributed by atoms with Crippen LogP contribution in [-0.4, -0.2) is 53.3 Å². The zero-order valence-electron chi connectivity index (χ0n) is 14.1. The molecule has 0 atom stereocenters. The summed E-state index contributed by atoms with van der Waals surface area (Å²) in [6.45, 7) is 1.99. The van der Waals surface area contributed by atoms with Crippen molar-refractivity contribution >= 4 is 35.0 Å². The number of nitrogens with zero attached hydrogens (tertiary/aromatic N) is 2. The van der Waals surface area contributed by atoms with E-state index in [1.54, 1.807) is 28.0 Å². The Morgan fingerprint density at radius 1 is 0.960 bits per heavy atom. The Bertz CT molecular complexity index is 666. The zero-order chi connectivity index (χ0) is 18.0. The second-order valence-electron chi connectivity index (χ2n) is 6.93. The summed E-state index contributed by atoms with van der Waals surface area (Å²) in [6, 6.07) is 4.86. The lowest BCUT2D eigenvalue weighted by Gasteiger charge is -2.41. The molecule has 0 aromatic heterocycles. The Balaban J connectivity index is 1.61. The first-order valence-corrected chi connectivity index (χ1v) is 9.49. The van der Waals surface area contributed by atoms with Gasteiger partial charge in [0, 0.05) is 31.2 Å². The van der Waals surface area contributed by atoms with Crippen LogP contribution in [0.15, 0.2) is 18.2 Å². The Morgan fingerprint density at radius 3 is 2.16 bits per heavy atom. The van der Waals surface area contributed by atoms with E-state index in [2.05, 4.69) is 0 Å². The molecule has 1 aliphatic heterocycles. The van der Waals surface area contributed by atoms with Crippen LogP contribution in [0.3, 0.4) is 0 Å². The highest BCUT2D eigenvalue weighted by molar-refractivity contribution is 6.36. The highest BCUT2D eigenvalue weighted by Gasteiger charge is 2.39. The molecule has 0 unspecified atom stereocenters. The summed E-state index contributed by atoms with van der Waals surface area (Å²) in [5, 5.41) is 0.844. The molecule has 2 N–H and O–H groups in total. The van der Waals surface area contributed by atoms with Crippen LogP contribution in [0, 0.1) is 0 Å². The highest BCUT2D eigenvalue weighted by atomic mass is 35.5. The van der Waals surface area contributed by atoms with Crippen molar-refractivity contribution in [3.63, 3.8) is 0 Å². The molecule has 0 bridgehead atoms. The molecular formula is C18H23Cl2N3O2. The fourth-order valence-corrected chi connectivity index (χ4v) is 4.15. The molecule has 1 aromatic rings. The molecule has 1 saturated carbocycles. The van der Waals surface area contributed by atoms with Crippen molar-refractivity contribution in [2.45, 2.75) is 37.6 Å². The van der Waals surface area contributed by atoms with E-state index in [-0.39, 0.29) is 11.8 Å². The van der Waals surface area contributed by atoms with E-state index in [1.165, 1.54) is 0 Å². The minimum Gasteiger partial charge on any atom is -0.338 e.